The number of hydrogen-bond donors (Lipinski definition) is 2. The lowest BCUT2D eigenvalue weighted by atomic mass is 10.1. The molecule has 1 amide bonds. The second-order valence-electron chi connectivity index (χ2n) is 6.08. The third-order valence-electron chi connectivity index (χ3n) is 4.36. The van der Waals surface area contributed by atoms with Crippen LogP contribution in [0.15, 0.2) is 42.5 Å². The van der Waals surface area contributed by atoms with E-state index in [9.17, 15) is 9.90 Å². The highest BCUT2D eigenvalue weighted by molar-refractivity contribution is 8.00. The number of phenolic OH excluding ortho intramolecular Hbond substituents is 1. The average Bonchev–Trinajstić information content (AvgIpc) is 3.03. The molecule has 0 radical (unpaired) electrons. The maximum Gasteiger partial charge on any atom is 0.252 e. The van der Waals surface area contributed by atoms with E-state index in [1.165, 1.54) is 23.9 Å². The molecule has 1 aliphatic rings. The van der Waals surface area contributed by atoms with E-state index in [1.54, 1.807) is 18.2 Å². The van der Waals surface area contributed by atoms with E-state index in [1.807, 2.05) is 31.2 Å². The largest absolute Gasteiger partial charge is 0.504 e. The second-order valence-corrected chi connectivity index (χ2v) is 7.15. The van der Waals surface area contributed by atoms with Crippen LogP contribution in [0, 0.1) is 6.92 Å². The van der Waals surface area contributed by atoms with Gasteiger partial charge in [-0.2, -0.15) is 0 Å². The maximum atomic E-state index is 12.5. The molecule has 0 bridgehead atoms. The number of carbonyl (C=O) groups is 1. The Morgan fingerprint density at radius 3 is 2.67 bits per heavy atom. The lowest BCUT2D eigenvalue weighted by molar-refractivity contribution is -0.126. The fourth-order valence-corrected chi connectivity index (χ4v) is 4.12. The molecule has 7 nitrogen and oxygen atoms in total. The number of carbonyl (C=O) groups excluding carboxylic acids is 1. The first-order chi connectivity index (χ1) is 13.1. The second kappa shape index (κ2) is 6.96. The minimum Gasteiger partial charge on any atom is -0.504 e. The van der Waals surface area contributed by atoms with Crippen LogP contribution in [0.2, 0.25) is 0 Å². The smallest absolute Gasteiger partial charge is 0.252 e. The van der Waals surface area contributed by atoms with Gasteiger partial charge in [0.05, 0.1) is 29.6 Å². The maximum absolute atomic E-state index is 12.5. The van der Waals surface area contributed by atoms with Crippen molar-refractivity contribution in [2.24, 2.45) is 0 Å². The Morgan fingerprint density at radius 2 is 1.93 bits per heavy atom. The first kappa shape index (κ1) is 17.4. The number of nitrogens with one attached hydrogen (secondary N) is 1. The van der Waals surface area contributed by atoms with E-state index in [2.05, 4.69) is 15.4 Å². The molecule has 4 rings (SSSR count). The monoisotopic (exact) mass is 382 g/mol. The molecule has 3 aromatic rings. The van der Waals surface area contributed by atoms with Gasteiger partial charge >= 0.3 is 0 Å². The lowest BCUT2D eigenvalue weighted by Gasteiger charge is -2.26. The number of phenols is 1. The summed E-state index contributed by atoms with van der Waals surface area (Å²) in [6.07, 6.45) is 0. The average molecular weight is 382 g/mol. The molecule has 1 atom stereocenters. The normalized spacial score (nSPS) is 16.7. The van der Waals surface area contributed by atoms with Gasteiger partial charge in [0.25, 0.3) is 5.91 Å². The molecule has 138 valence electrons. The number of rotatable bonds is 4. The Hall–Kier alpha value is -3.00. The van der Waals surface area contributed by atoms with Crippen molar-refractivity contribution >= 4 is 34.5 Å². The summed E-state index contributed by atoms with van der Waals surface area (Å²) in [5, 5.41) is 11.6. The molecule has 2 N–H and O–H groups in total. The van der Waals surface area contributed by atoms with Crippen LogP contribution in [-0.2, 0) is 4.79 Å². The number of aromatic hydroxyl groups is 1. The molecule has 0 aliphatic carbocycles. The van der Waals surface area contributed by atoms with E-state index >= 15 is 0 Å². The summed E-state index contributed by atoms with van der Waals surface area (Å²) in [6.45, 7) is 1.84. The van der Waals surface area contributed by atoms with Crippen molar-refractivity contribution in [2.75, 3.05) is 18.3 Å². The van der Waals surface area contributed by atoms with Gasteiger partial charge in [0.15, 0.2) is 17.3 Å². The Bertz CT molecular complexity index is 1030. The summed E-state index contributed by atoms with van der Waals surface area (Å²) in [4.78, 5) is 21.6. The summed E-state index contributed by atoms with van der Waals surface area (Å²) in [5.41, 5.74) is 5.93. The molecule has 1 aliphatic heterocycles. The topological polar surface area (TPSA) is 87.6 Å². The number of fused-ring (bicyclic) bond motifs is 1. The van der Waals surface area contributed by atoms with Crippen molar-refractivity contribution in [3.8, 4) is 11.5 Å². The molecule has 8 heteroatoms. The first-order valence-corrected chi connectivity index (χ1v) is 9.43. The Balaban J connectivity index is 1.70. The highest BCUT2D eigenvalue weighted by Gasteiger charge is 2.36. The van der Waals surface area contributed by atoms with Crippen molar-refractivity contribution in [2.45, 2.75) is 12.3 Å². The number of thioether (sulfide) groups is 1. The number of amides is 1. The van der Waals surface area contributed by atoms with Gasteiger partial charge in [-0.25, -0.2) is 15.0 Å². The van der Waals surface area contributed by atoms with Crippen LogP contribution in [-0.4, -0.2) is 38.9 Å². The number of anilines is 1. The number of para-hydroxylation sites is 3. The molecule has 1 saturated heterocycles. The van der Waals surface area contributed by atoms with E-state index in [0.717, 1.165) is 11.0 Å². The highest BCUT2D eigenvalue weighted by atomic mass is 32.2. The van der Waals surface area contributed by atoms with Crippen LogP contribution in [0.1, 0.15) is 16.6 Å². The zero-order valence-electron chi connectivity index (χ0n) is 14.8. The number of hydrazine groups is 1. The zero-order valence-corrected chi connectivity index (χ0v) is 15.7. The molecule has 1 aromatic heterocycles. The van der Waals surface area contributed by atoms with Crippen molar-refractivity contribution in [1.29, 1.82) is 0 Å². The van der Waals surface area contributed by atoms with E-state index in [-0.39, 0.29) is 11.7 Å². The van der Waals surface area contributed by atoms with Crippen molar-refractivity contribution in [3.05, 3.63) is 53.7 Å². The van der Waals surface area contributed by atoms with Crippen LogP contribution in [0.5, 0.6) is 11.5 Å². The Kier molecular flexibility index (Phi) is 4.49. The van der Waals surface area contributed by atoms with Gasteiger partial charge in [0.2, 0.25) is 0 Å². The molecule has 2 heterocycles. The van der Waals surface area contributed by atoms with Crippen LogP contribution < -0.4 is 10.2 Å². The van der Waals surface area contributed by atoms with E-state index in [4.69, 9.17) is 4.74 Å². The zero-order chi connectivity index (χ0) is 19.0. The predicted octanol–water partition coefficient (Wildman–Crippen LogP) is 3.25. The van der Waals surface area contributed by atoms with Crippen LogP contribution in [0.25, 0.3) is 11.0 Å². The molecule has 1 fully saturated rings. The number of hydrogen-bond acceptors (Lipinski definition) is 7. The Morgan fingerprint density at radius 1 is 1.19 bits per heavy atom. The number of aromatic nitrogens is 2. The SMILES string of the molecule is COc1cccc(C2SCC(=O)N2Nc2nc3ccccc3nc2C)c1O. The molecular weight excluding hydrogens is 364 g/mol. The van der Waals surface area contributed by atoms with Crippen LogP contribution in [0.4, 0.5) is 5.82 Å². The fourth-order valence-electron chi connectivity index (χ4n) is 2.99. The Labute approximate surface area is 160 Å². The molecule has 0 saturated carbocycles. The summed E-state index contributed by atoms with van der Waals surface area (Å²) < 4.78 is 5.19. The van der Waals surface area contributed by atoms with Gasteiger partial charge in [-0.15, -0.1) is 11.8 Å². The standard InChI is InChI=1S/C19H18N4O3S/c1-11-18(21-14-8-4-3-7-13(14)20-11)22-23-16(24)10-27-19(23)12-6-5-9-15(26-2)17(12)25/h3-9,19,25H,10H2,1-2H3,(H,21,22). The van der Waals surface area contributed by atoms with Crippen LogP contribution >= 0.6 is 11.8 Å². The number of methoxy groups -OCH3 is 1. The minimum absolute atomic E-state index is 0.0281. The van der Waals surface area contributed by atoms with Gasteiger partial charge < -0.3 is 9.84 Å². The van der Waals surface area contributed by atoms with Crippen LogP contribution in [0.3, 0.4) is 0 Å². The summed E-state index contributed by atoms with van der Waals surface area (Å²) in [6, 6.07) is 12.8. The number of benzene rings is 2. The third kappa shape index (κ3) is 3.12. The molecule has 2 aromatic carbocycles. The van der Waals surface area contributed by atoms with Gasteiger partial charge in [-0.05, 0) is 25.1 Å². The highest BCUT2D eigenvalue weighted by Crippen LogP contribution is 2.44. The van der Waals surface area contributed by atoms with Gasteiger partial charge in [0, 0.05) is 5.56 Å². The van der Waals surface area contributed by atoms with Crippen molar-refractivity contribution < 1.29 is 14.6 Å². The van der Waals surface area contributed by atoms with Crippen molar-refractivity contribution in [3.63, 3.8) is 0 Å². The van der Waals surface area contributed by atoms with E-state index in [0.29, 0.717) is 28.6 Å². The predicted molar refractivity (Wildman–Crippen MR) is 105 cm³/mol. The third-order valence-corrected chi connectivity index (χ3v) is 5.55. The molecule has 0 spiro atoms. The first-order valence-electron chi connectivity index (χ1n) is 8.38. The minimum atomic E-state index is -0.403. The summed E-state index contributed by atoms with van der Waals surface area (Å²) in [5.74, 6) is 1.11. The van der Waals surface area contributed by atoms with Crippen molar-refractivity contribution in [1.82, 2.24) is 15.0 Å². The molecular formula is C19H18N4O3S. The summed E-state index contributed by atoms with van der Waals surface area (Å²) >= 11 is 1.42. The van der Waals surface area contributed by atoms with Gasteiger partial charge in [-0.3, -0.25) is 10.2 Å². The van der Waals surface area contributed by atoms with E-state index < -0.39 is 5.37 Å². The number of nitrogens with zero attached hydrogens (tertiary/aromatic N) is 3. The van der Waals surface area contributed by atoms with Gasteiger partial charge in [-0.1, -0.05) is 24.3 Å². The lowest BCUT2D eigenvalue weighted by Crippen LogP contribution is -2.34. The number of aryl methyl sites for hydroxylation is 1. The molecule has 1 unspecified atom stereocenters. The number of ether oxygens (including phenoxy) is 1. The summed E-state index contributed by atoms with van der Waals surface area (Å²) in [7, 11) is 1.50. The fraction of sp³-hybridized carbons (Fsp3) is 0.211. The van der Waals surface area contributed by atoms with Gasteiger partial charge in [0.1, 0.15) is 5.37 Å². The quantitative estimate of drug-likeness (QED) is 0.716. The molecule has 27 heavy (non-hydrogen) atoms.